The lowest BCUT2D eigenvalue weighted by Gasteiger charge is -2.08. The van der Waals surface area contributed by atoms with Crippen molar-refractivity contribution in [2.45, 2.75) is 39.2 Å². The van der Waals surface area contributed by atoms with Crippen LogP contribution in [0.15, 0.2) is 27.4 Å². The summed E-state index contributed by atoms with van der Waals surface area (Å²) >= 11 is 0. The second-order valence-electron chi connectivity index (χ2n) is 4.01. The van der Waals surface area contributed by atoms with E-state index in [1.165, 1.54) is 13.0 Å². The third-order valence-electron chi connectivity index (χ3n) is 2.55. The zero-order valence-corrected chi connectivity index (χ0v) is 10.1. The minimum absolute atomic E-state index is 0.0862. The van der Waals surface area contributed by atoms with Crippen molar-refractivity contribution in [1.29, 1.82) is 0 Å². The van der Waals surface area contributed by atoms with Crippen molar-refractivity contribution in [3.8, 4) is 5.75 Å². The molecular weight excluding hydrogens is 220 g/mol. The average Bonchev–Trinajstić information content (AvgIpc) is 2.26. The Hall–Kier alpha value is -1.55. The first-order valence-electron chi connectivity index (χ1n) is 5.66. The summed E-state index contributed by atoms with van der Waals surface area (Å²) in [7, 11) is 0. The zero-order valence-electron chi connectivity index (χ0n) is 10.1. The largest absolute Gasteiger partial charge is 0.507 e. The van der Waals surface area contributed by atoms with Crippen LogP contribution < -0.4 is 5.63 Å². The van der Waals surface area contributed by atoms with E-state index in [9.17, 15) is 15.0 Å². The highest BCUT2D eigenvalue weighted by Gasteiger charge is 2.11. The molecule has 2 N–H and O–H groups in total. The van der Waals surface area contributed by atoms with Crippen LogP contribution in [0.3, 0.4) is 0 Å². The van der Waals surface area contributed by atoms with E-state index < -0.39 is 11.7 Å². The highest BCUT2D eigenvalue weighted by Crippen LogP contribution is 2.15. The molecule has 17 heavy (non-hydrogen) atoms. The van der Waals surface area contributed by atoms with Gasteiger partial charge in [-0.15, -0.1) is 0 Å². The molecule has 0 saturated heterocycles. The molecule has 0 radical (unpaired) electrons. The molecule has 1 aromatic heterocycles. The van der Waals surface area contributed by atoms with E-state index in [4.69, 9.17) is 4.42 Å². The number of aromatic hydroxyl groups is 1. The molecule has 0 bridgehead atoms. The van der Waals surface area contributed by atoms with Crippen molar-refractivity contribution in [3.05, 3.63) is 40.0 Å². The SMILES string of the molecule is CC=CCCC(O)Cc1cc(O)c(C)c(=O)o1. The van der Waals surface area contributed by atoms with Gasteiger partial charge in [-0.3, -0.25) is 0 Å². The van der Waals surface area contributed by atoms with Gasteiger partial charge in [0.05, 0.1) is 11.7 Å². The molecule has 0 aliphatic heterocycles. The highest BCUT2D eigenvalue weighted by molar-refractivity contribution is 5.28. The van der Waals surface area contributed by atoms with Gasteiger partial charge in [-0.2, -0.15) is 0 Å². The van der Waals surface area contributed by atoms with Gasteiger partial charge in [-0.05, 0) is 26.7 Å². The number of hydrogen-bond donors (Lipinski definition) is 2. The van der Waals surface area contributed by atoms with Crippen LogP contribution in [0, 0.1) is 6.92 Å². The topological polar surface area (TPSA) is 70.7 Å². The normalized spacial score (nSPS) is 13.1. The van der Waals surface area contributed by atoms with Crippen molar-refractivity contribution in [2.24, 2.45) is 0 Å². The van der Waals surface area contributed by atoms with Crippen molar-refractivity contribution in [3.63, 3.8) is 0 Å². The maximum atomic E-state index is 11.3. The van der Waals surface area contributed by atoms with Gasteiger partial charge in [-0.1, -0.05) is 12.2 Å². The molecule has 4 nitrogen and oxygen atoms in total. The minimum Gasteiger partial charge on any atom is -0.507 e. The number of aliphatic hydroxyl groups is 1. The molecule has 1 unspecified atom stereocenters. The van der Waals surface area contributed by atoms with Crippen molar-refractivity contribution in [1.82, 2.24) is 0 Å². The number of hydrogen-bond acceptors (Lipinski definition) is 4. The molecule has 94 valence electrons. The molecular formula is C13H18O4. The quantitative estimate of drug-likeness (QED) is 0.769. The first-order valence-corrected chi connectivity index (χ1v) is 5.66. The van der Waals surface area contributed by atoms with Gasteiger partial charge in [-0.25, -0.2) is 4.79 Å². The predicted octanol–water partition coefficient (Wildman–Crippen LogP) is 1.91. The van der Waals surface area contributed by atoms with Gasteiger partial charge in [0.25, 0.3) is 0 Å². The van der Waals surface area contributed by atoms with E-state index >= 15 is 0 Å². The van der Waals surface area contributed by atoms with E-state index in [0.717, 1.165) is 6.42 Å². The van der Waals surface area contributed by atoms with E-state index in [1.54, 1.807) is 0 Å². The Bertz CT molecular complexity index is 445. The molecule has 0 aromatic carbocycles. The third-order valence-corrected chi connectivity index (χ3v) is 2.55. The lowest BCUT2D eigenvalue weighted by Crippen LogP contribution is -2.13. The molecule has 0 fully saturated rings. The Morgan fingerprint density at radius 2 is 2.24 bits per heavy atom. The van der Waals surface area contributed by atoms with Crippen molar-refractivity contribution >= 4 is 0 Å². The standard InChI is InChI=1S/C13H18O4/c1-3-4-5-6-10(14)7-11-8-12(15)9(2)13(16)17-11/h3-4,8,10,14-15H,5-7H2,1-2H3. The molecule has 1 heterocycles. The monoisotopic (exact) mass is 238 g/mol. The lowest BCUT2D eigenvalue weighted by molar-refractivity contribution is 0.157. The second kappa shape index (κ2) is 6.25. The van der Waals surface area contributed by atoms with E-state index in [-0.39, 0.29) is 17.7 Å². The van der Waals surface area contributed by atoms with Gasteiger partial charge < -0.3 is 14.6 Å². The van der Waals surface area contributed by atoms with Gasteiger partial charge >= 0.3 is 5.63 Å². The summed E-state index contributed by atoms with van der Waals surface area (Å²) in [6, 6.07) is 1.38. The van der Waals surface area contributed by atoms with Crippen molar-refractivity contribution < 1.29 is 14.6 Å². The van der Waals surface area contributed by atoms with E-state index in [0.29, 0.717) is 12.2 Å². The Morgan fingerprint density at radius 3 is 2.82 bits per heavy atom. The smallest absolute Gasteiger partial charge is 0.342 e. The molecule has 0 amide bonds. The summed E-state index contributed by atoms with van der Waals surface area (Å²) in [5.41, 5.74) is -0.363. The Labute approximate surface area is 100 Å². The Morgan fingerprint density at radius 1 is 1.53 bits per heavy atom. The van der Waals surface area contributed by atoms with E-state index in [1.807, 2.05) is 19.1 Å². The fourth-order valence-corrected chi connectivity index (χ4v) is 1.48. The van der Waals surface area contributed by atoms with Crippen LogP contribution in [0.25, 0.3) is 0 Å². The van der Waals surface area contributed by atoms with Crippen LogP contribution in [-0.2, 0) is 6.42 Å². The van der Waals surface area contributed by atoms with Crippen LogP contribution in [0.2, 0.25) is 0 Å². The predicted molar refractivity (Wildman–Crippen MR) is 65.1 cm³/mol. The first kappa shape index (κ1) is 13.5. The summed E-state index contributed by atoms with van der Waals surface area (Å²) in [6.45, 7) is 3.41. The van der Waals surface area contributed by atoms with Crippen LogP contribution in [0.4, 0.5) is 0 Å². The molecule has 0 saturated carbocycles. The lowest BCUT2D eigenvalue weighted by atomic mass is 10.1. The molecule has 0 aliphatic carbocycles. The van der Waals surface area contributed by atoms with Gasteiger partial charge in [0.2, 0.25) is 0 Å². The Kier molecular flexibility index (Phi) is 4.97. The van der Waals surface area contributed by atoms with Crippen LogP contribution in [-0.4, -0.2) is 16.3 Å². The maximum Gasteiger partial charge on any atom is 0.342 e. The number of aliphatic hydroxyl groups excluding tert-OH is 1. The summed E-state index contributed by atoms with van der Waals surface area (Å²) in [4.78, 5) is 11.3. The number of rotatable bonds is 5. The maximum absolute atomic E-state index is 11.3. The van der Waals surface area contributed by atoms with Gasteiger partial charge in [0.1, 0.15) is 11.5 Å². The summed E-state index contributed by atoms with van der Waals surface area (Å²) in [5, 5.41) is 19.2. The minimum atomic E-state index is -0.573. The Balaban J connectivity index is 2.65. The third kappa shape index (κ3) is 4.07. The molecule has 0 spiro atoms. The summed E-state index contributed by atoms with van der Waals surface area (Å²) in [6.07, 6.45) is 4.93. The van der Waals surface area contributed by atoms with E-state index in [2.05, 4.69) is 0 Å². The fraction of sp³-hybridized carbons (Fsp3) is 0.462. The van der Waals surface area contributed by atoms with Crippen LogP contribution in [0.5, 0.6) is 5.75 Å². The molecule has 1 aromatic rings. The molecule has 1 atom stereocenters. The average molecular weight is 238 g/mol. The number of allylic oxidation sites excluding steroid dienone is 2. The highest BCUT2D eigenvalue weighted by atomic mass is 16.4. The van der Waals surface area contributed by atoms with Crippen molar-refractivity contribution in [2.75, 3.05) is 0 Å². The summed E-state index contributed by atoms with van der Waals surface area (Å²) in [5.74, 6) is 0.225. The van der Waals surface area contributed by atoms with Gasteiger partial charge in [0.15, 0.2) is 0 Å². The molecule has 4 heteroatoms. The molecule has 1 rings (SSSR count). The summed E-state index contributed by atoms with van der Waals surface area (Å²) < 4.78 is 4.97. The van der Waals surface area contributed by atoms with Gasteiger partial charge in [0, 0.05) is 12.5 Å². The molecule has 0 aliphatic rings. The fourth-order valence-electron chi connectivity index (χ4n) is 1.48. The zero-order chi connectivity index (χ0) is 12.8. The first-order chi connectivity index (χ1) is 8.04. The van der Waals surface area contributed by atoms with Crippen LogP contribution in [0.1, 0.15) is 31.1 Å². The second-order valence-corrected chi connectivity index (χ2v) is 4.01. The van der Waals surface area contributed by atoms with Crippen LogP contribution >= 0.6 is 0 Å².